The number of halogens is 4. The van der Waals surface area contributed by atoms with E-state index in [1.807, 2.05) is 0 Å². The van der Waals surface area contributed by atoms with Crippen molar-refractivity contribution >= 4 is 33.4 Å². The van der Waals surface area contributed by atoms with E-state index in [-0.39, 0.29) is 16.4 Å². The molecule has 19 heavy (non-hydrogen) atoms. The quantitative estimate of drug-likeness (QED) is 0.796. The van der Waals surface area contributed by atoms with Crippen LogP contribution < -0.4 is 5.32 Å². The standard InChI is InChI=1S/C12H13BrClF2NO2/c1-19-6-8(14)2-3-17-12(18)11-9(15)4-7(13)5-10(11)16/h4-5,8H,2-3,6H2,1H3,(H,17,18). The predicted octanol–water partition coefficient (Wildman–Crippen LogP) is 3.10. The van der Waals surface area contributed by atoms with E-state index in [1.54, 1.807) is 0 Å². The van der Waals surface area contributed by atoms with E-state index in [4.69, 9.17) is 16.3 Å². The van der Waals surface area contributed by atoms with Crippen molar-refractivity contribution in [2.24, 2.45) is 0 Å². The van der Waals surface area contributed by atoms with E-state index in [2.05, 4.69) is 21.2 Å². The molecule has 0 spiro atoms. The summed E-state index contributed by atoms with van der Waals surface area (Å²) >= 11 is 8.81. The van der Waals surface area contributed by atoms with Crippen LogP contribution in [-0.2, 0) is 4.74 Å². The van der Waals surface area contributed by atoms with Gasteiger partial charge in [-0.1, -0.05) is 15.9 Å². The second-order valence-corrected chi connectivity index (χ2v) is 5.37. The van der Waals surface area contributed by atoms with Crippen molar-refractivity contribution in [3.8, 4) is 0 Å². The molecule has 1 unspecified atom stereocenters. The molecule has 1 amide bonds. The Bertz CT molecular complexity index is 436. The lowest BCUT2D eigenvalue weighted by Crippen LogP contribution is -2.28. The molecule has 0 aliphatic carbocycles. The minimum absolute atomic E-state index is 0.214. The molecule has 0 heterocycles. The maximum absolute atomic E-state index is 13.5. The van der Waals surface area contributed by atoms with Crippen LogP contribution in [-0.4, -0.2) is 31.5 Å². The highest BCUT2D eigenvalue weighted by Gasteiger charge is 2.18. The minimum Gasteiger partial charge on any atom is -0.383 e. The third-order valence-electron chi connectivity index (χ3n) is 2.32. The van der Waals surface area contributed by atoms with Crippen LogP contribution in [0.2, 0.25) is 0 Å². The summed E-state index contributed by atoms with van der Waals surface area (Å²) in [6, 6.07) is 2.07. The van der Waals surface area contributed by atoms with Gasteiger partial charge in [0.15, 0.2) is 0 Å². The van der Waals surface area contributed by atoms with Crippen molar-refractivity contribution in [3.63, 3.8) is 0 Å². The molecule has 1 rings (SSSR count). The number of nitrogens with one attached hydrogen (secondary N) is 1. The number of carbonyl (C=O) groups excluding carboxylic acids is 1. The molecule has 1 N–H and O–H groups in total. The molecule has 0 radical (unpaired) electrons. The van der Waals surface area contributed by atoms with Gasteiger partial charge in [0.1, 0.15) is 17.2 Å². The Morgan fingerprint density at radius 3 is 2.58 bits per heavy atom. The molecule has 0 saturated carbocycles. The van der Waals surface area contributed by atoms with Crippen LogP contribution in [0.1, 0.15) is 16.8 Å². The zero-order chi connectivity index (χ0) is 14.4. The molecule has 0 aromatic heterocycles. The summed E-state index contributed by atoms with van der Waals surface area (Å²) in [5.41, 5.74) is -0.596. The largest absolute Gasteiger partial charge is 0.383 e. The molecule has 3 nitrogen and oxygen atoms in total. The molecule has 1 aromatic carbocycles. The molecule has 106 valence electrons. The van der Waals surface area contributed by atoms with Crippen LogP contribution in [0.4, 0.5) is 8.78 Å². The first-order valence-electron chi connectivity index (χ1n) is 5.51. The van der Waals surface area contributed by atoms with Gasteiger partial charge in [0.2, 0.25) is 0 Å². The number of rotatable bonds is 6. The Morgan fingerprint density at radius 2 is 2.05 bits per heavy atom. The molecule has 0 aliphatic heterocycles. The van der Waals surface area contributed by atoms with Crippen molar-refractivity contribution in [1.29, 1.82) is 0 Å². The maximum atomic E-state index is 13.5. The summed E-state index contributed by atoms with van der Waals surface area (Å²) in [6.07, 6.45) is 0.445. The molecule has 1 atom stereocenters. The first-order chi connectivity index (χ1) is 8.95. The van der Waals surface area contributed by atoms with Crippen LogP contribution in [0.3, 0.4) is 0 Å². The Labute approximate surface area is 123 Å². The molecule has 0 aliphatic rings. The lowest BCUT2D eigenvalue weighted by Gasteiger charge is -2.10. The average Bonchev–Trinajstić information content (AvgIpc) is 2.27. The van der Waals surface area contributed by atoms with Gasteiger partial charge < -0.3 is 10.1 Å². The SMILES string of the molecule is COCC(Cl)CCNC(=O)c1c(F)cc(Br)cc1F. The summed E-state index contributed by atoms with van der Waals surface area (Å²) in [6.45, 7) is 0.559. The van der Waals surface area contributed by atoms with Crippen molar-refractivity contribution in [2.75, 3.05) is 20.3 Å². The van der Waals surface area contributed by atoms with Gasteiger partial charge in [0.05, 0.1) is 12.0 Å². The van der Waals surface area contributed by atoms with Crippen molar-refractivity contribution in [3.05, 3.63) is 33.8 Å². The van der Waals surface area contributed by atoms with Gasteiger partial charge >= 0.3 is 0 Å². The molecule has 0 bridgehead atoms. The predicted molar refractivity (Wildman–Crippen MR) is 72.5 cm³/mol. The zero-order valence-electron chi connectivity index (χ0n) is 10.2. The molecular weight excluding hydrogens is 343 g/mol. The lowest BCUT2D eigenvalue weighted by atomic mass is 10.2. The van der Waals surface area contributed by atoms with E-state index < -0.39 is 23.1 Å². The van der Waals surface area contributed by atoms with Gasteiger partial charge in [0.25, 0.3) is 5.91 Å². The highest BCUT2D eigenvalue weighted by Crippen LogP contribution is 2.19. The van der Waals surface area contributed by atoms with E-state index in [0.29, 0.717) is 13.0 Å². The summed E-state index contributed by atoms with van der Waals surface area (Å²) in [7, 11) is 1.51. The smallest absolute Gasteiger partial charge is 0.257 e. The summed E-state index contributed by atoms with van der Waals surface area (Å²) in [5.74, 6) is -2.63. The van der Waals surface area contributed by atoms with Crippen LogP contribution in [0.15, 0.2) is 16.6 Å². The molecule has 7 heteroatoms. The van der Waals surface area contributed by atoms with Crippen molar-refractivity contribution in [2.45, 2.75) is 11.8 Å². The second kappa shape index (κ2) is 7.77. The second-order valence-electron chi connectivity index (χ2n) is 3.84. The van der Waals surface area contributed by atoms with Gasteiger partial charge in [-0.25, -0.2) is 8.78 Å². The van der Waals surface area contributed by atoms with Crippen molar-refractivity contribution in [1.82, 2.24) is 5.32 Å². The minimum atomic E-state index is -0.913. The van der Waals surface area contributed by atoms with Gasteiger partial charge in [-0.05, 0) is 18.6 Å². The van der Waals surface area contributed by atoms with E-state index in [9.17, 15) is 13.6 Å². The van der Waals surface area contributed by atoms with Crippen LogP contribution in [0.25, 0.3) is 0 Å². The fraction of sp³-hybridized carbons (Fsp3) is 0.417. The summed E-state index contributed by atoms with van der Waals surface area (Å²) in [5, 5.41) is 2.16. The normalized spacial score (nSPS) is 12.3. The number of methoxy groups -OCH3 is 1. The zero-order valence-corrected chi connectivity index (χ0v) is 12.5. The Kier molecular flexibility index (Phi) is 6.68. The Balaban J connectivity index is 2.59. The summed E-state index contributed by atoms with van der Waals surface area (Å²) < 4.78 is 32.0. The number of amides is 1. The fourth-order valence-electron chi connectivity index (χ4n) is 1.45. The van der Waals surface area contributed by atoms with Crippen molar-refractivity contribution < 1.29 is 18.3 Å². The molecule has 1 aromatic rings. The Hall–Kier alpha value is -0.720. The highest BCUT2D eigenvalue weighted by atomic mass is 79.9. The third kappa shape index (κ3) is 5.04. The highest BCUT2D eigenvalue weighted by molar-refractivity contribution is 9.10. The molecular formula is C12H13BrClF2NO2. The van der Waals surface area contributed by atoms with Gasteiger partial charge in [0, 0.05) is 18.1 Å². The molecule has 0 saturated heterocycles. The van der Waals surface area contributed by atoms with Crippen LogP contribution >= 0.6 is 27.5 Å². The summed E-state index contributed by atoms with van der Waals surface area (Å²) in [4.78, 5) is 11.7. The lowest BCUT2D eigenvalue weighted by molar-refractivity contribution is 0.0943. The van der Waals surface area contributed by atoms with E-state index in [1.165, 1.54) is 7.11 Å². The number of hydrogen-bond acceptors (Lipinski definition) is 2. The Morgan fingerprint density at radius 1 is 1.47 bits per heavy atom. The number of ether oxygens (including phenoxy) is 1. The van der Waals surface area contributed by atoms with Gasteiger partial charge in [-0.15, -0.1) is 11.6 Å². The first-order valence-corrected chi connectivity index (χ1v) is 6.74. The average molecular weight is 357 g/mol. The third-order valence-corrected chi connectivity index (χ3v) is 3.13. The first kappa shape index (κ1) is 16.3. The number of benzene rings is 1. The van der Waals surface area contributed by atoms with Gasteiger partial charge in [-0.3, -0.25) is 4.79 Å². The number of hydrogen-bond donors (Lipinski definition) is 1. The van der Waals surface area contributed by atoms with E-state index in [0.717, 1.165) is 12.1 Å². The molecule has 0 fully saturated rings. The monoisotopic (exact) mass is 355 g/mol. The number of carbonyl (C=O) groups is 1. The number of alkyl halides is 1. The fourth-order valence-corrected chi connectivity index (χ4v) is 2.09. The van der Waals surface area contributed by atoms with E-state index >= 15 is 0 Å². The maximum Gasteiger partial charge on any atom is 0.257 e. The van der Waals surface area contributed by atoms with Gasteiger partial charge in [-0.2, -0.15) is 0 Å². The van der Waals surface area contributed by atoms with Crippen LogP contribution in [0.5, 0.6) is 0 Å². The van der Waals surface area contributed by atoms with Crippen LogP contribution in [0, 0.1) is 11.6 Å². The topological polar surface area (TPSA) is 38.3 Å².